The Labute approximate surface area is 103 Å². The van der Waals surface area contributed by atoms with Gasteiger partial charge in [0.05, 0.1) is 0 Å². The van der Waals surface area contributed by atoms with Gasteiger partial charge in [0.1, 0.15) is 5.78 Å². The Morgan fingerprint density at radius 1 is 1.06 bits per heavy atom. The maximum Gasteiger partial charge on any atom is 0.140 e. The maximum atomic E-state index is 12.1. The fourth-order valence-electron chi connectivity index (χ4n) is 3.15. The third-order valence-corrected chi connectivity index (χ3v) is 4.04. The van der Waals surface area contributed by atoms with Crippen LogP contribution in [-0.4, -0.2) is 5.78 Å². The highest BCUT2D eigenvalue weighted by Gasteiger charge is 2.28. The minimum absolute atomic E-state index is 0.185. The zero-order valence-corrected chi connectivity index (χ0v) is 10.1. The molecular weight excluding hydrogens is 208 g/mol. The normalized spacial score (nSPS) is 24.1. The second kappa shape index (κ2) is 4.48. The van der Waals surface area contributed by atoms with Crippen LogP contribution in [0.3, 0.4) is 0 Å². The lowest BCUT2D eigenvalue weighted by Crippen LogP contribution is -2.21. The van der Waals surface area contributed by atoms with Crippen LogP contribution in [0.5, 0.6) is 0 Å². The number of hydrogen-bond acceptors (Lipinski definition) is 1. The molecule has 1 saturated carbocycles. The smallest absolute Gasteiger partial charge is 0.140 e. The number of carbonyl (C=O) groups excluding carboxylic acids is 1. The molecule has 1 aromatic rings. The van der Waals surface area contributed by atoms with E-state index in [0.717, 1.165) is 32.1 Å². The minimum Gasteiger partial charge on any atom is -0.299 e. The number of hydrogen-bond donors (Lipinski definition) is 0. The van der Waals surface area contributed by atoms with Crippen molar-refractivity contribution in [1.82, 2.24) is 0 Å². The Bertz CT molecular complexity index is 470. The van der Waals surface area contributed by atoms with Gasteiger partial charge in [0.15, 0.2) is 0 Å². The molecule has 2 aliphatic carbocycles. The van der Waals surface area contributed by atoms with Crippen molar-refractivity contribution in [2.24, 2.45) is 5.92 Å². The Morgan fingerprint density at radius 3 is 2.82 bits per heavy atom. The molecule has 0 heterocycles. The summed E-state index contributed by atoms with van der Waals surface area (Å²) in [6.45, 7) is 0. The van der Waals surface area contributed by atoms with Crippen LogP contribution in [0.25, 0.3) is 5.57 Å². The van der Waals surface area contributed by atoms with Crippen LogP contribution in [0.15, 0.2) is 30.3 Å². The summed E-state index contributed by atoms with van der Waals surface area (Å²) in [4.78, 5) is 12.1. The molecule has 88 valence electrons. The summed E-state index contributed by atoms with van der Waals surface area (Å²) in [5, 5.41) is 0. The minimum atomic E-state index is 0.185. The van der Waals surface area contributed by atoms with Crippen LogP contribution in [-0.2, 0) is 11.2 Å². The van der Waals surface area contributed by atoms with Gasteiger partial charge in [-0.05, 0) is 42.4 Å². The molecule has 1 nitrogen and oxygen atoms in total. The third-order valence-electron chi connectivity index (χ3n) is 4.04. The van der Waals surface area contributed by atoms with Gasteiger partial charge < -0.3 is 0 Å². The van der Waals surface area contributed by atoms with Gasteiger partial charge in [-0.2, -0.15) is 0 Å². The first-order valence-corrected chi connectivity index (χ1v) is 6.67. The van der Waals surface area contributed by atoms with Crippen molar-refractivity contribution in [3.63, 3.8) is 0 Å². The molecule has 1 atom stereocenters. The number of rotatable bonds is 1. The molecule has 0 amide bonds. The predicted octanol–water partition coefficient (Wildman–Crippen LogP) is 3.78. The van der Waals surface area contributed by atoms with E-state index in [9.17, 15) is 4.79 Å². The molecule has 0 spiro atoms. The molecule has 17 heavy (non-hydrogen) atoms. The zero-order chi connectivity index (χ0) is 11.7. The van der Waals surface area contributed by atoms with Crippen molar-refractivity contribution >= 4 is 11.4 Å². The molecular formula is C16H18O. The third kappa shape index (κ3) is 1.95. The van der Waals surface area contributed by atoms with Crippen molar-refractivity contribution in [1.29, 1.82) is 0 Å². The van der Waals surface area contributed by atoms with Crippen LogP contribution >= 0.6 is 0 Å². The summed E-state index contributed by atoms with van der Waals surface area (Å²) in [5.74, 6) is 0.643. The highest BCUT2D eigenvalue weighted by atomic mass is 16.1. The predicted molar refractivity (Wildman–Crippen MR) is 69.7 cm³/mol. The Morgan fingerprint density at radius 2 is 1.94 bits per heavy atom. The van der Waals surface area contributed by atoms with Crippen LogP contribution in [0.1, 0.15) is 43.2 Å². The molecule has 3 rings (SSSR count). The molecule has 0 radical (unpaired) electrons. The van der Waals surface area contributed by atoms with Crippen molar-refractivity contribution in [2.75, 3.05) is 0 Å². The van der Waals surface area contributed by atoms with Gasteiger partial charge in [0.25, 0.3) is 0 Å². The van der Waals surface area contributed by atoms with E-state index in [4.69, 9.17) is 0 Å². The van der Waals surface area contributed by atoms with E-state index in [1.165, 1.54) is 23.1 Å². The van der Waals surface area contributed by atoms with Gasteiger partial charge in [-0.1, -0.05) is 36.8 Å². The number of allylic oxidation sites excluding steroid dienone is 2. The van der Waals surface area contributed by atoms with Gasteiger partial charge in [-0.15, -0.1) is 0 Å². The molecule has 1 fully saturated rings. The highest BCUT2D eigenvalue weighted by Crippen LogP contribution is 2.37. The molecule has 0 N–H and O–H groups in total. The van der Waals surface area contributed by atoms with Gasteiger partial charge in [0.2, 0.25) is 0 Å². The SMILES string of the molecule is O=C1CCCC[C@H]1C1=CCCc2ccccc21. The number of Topliss-reactive ketones (excluding diaryl/α,β-unsaturated/α-hetero) is 1. The fourth-order valence-corrected chi connectivity index (χ4v) is 3.15. The van der Waals surface area contributed by atoms with Crippen LogP contribution in [0.2, 0.25) is 0 Å². The van der Waals surface area contributed by atoms with Crippen LogP contribution in [0, 0.1) is 5.92 Å². The lowest BCUT2D eigenvalue weighted by atomic mass is 9.76. The van der Waals surface area contributed by atoms with Crippen molar-refractivity contribution in [2.45, 2.75) is 38.5 Å². The number of aryl methyl sites for hydroxylation is 1. The first-order valence-electron chi connectivity index (χ1n) is 6.67. The molecule has 0 unspecified atom stereocenters. The van der Waals surface area contributed by atoms with E-state index in [1.807, 2.05) is 0 Å². The Hall–Kier alpha value is -1.37. The molecule has 0 aliphatic heterocycles. The Kier molecular flexibility index (Phi) is 2.84. The molecule has 0 aromatic heterocycles. The van der Waals surface area contributed by atoms with E-state index < -0.39 is 0 Å². The van der Waals surface area contributed by atoms with Crippen LogP contribution < -0.4 is 0 Å². The van der Waals surface area contributed by atoms with E-state index in [2.05, 4.69) is 30.3 Å². The van der Waals surface area contributed by atoms with E-state index >= 15 is 0 Å². The largest absolute Gasteiger partial charge is 0.299 e. The molecule has 0 bridgehead atoms. The molecule has 0 saturated heterocycles. The van der Waals surface area contributed by atoms with E-state index in [0.29, 0.717) is 5.78 Å². The Balaban J connectivity index is 1.97. The van der Waals surface area contributed by atoms with Crippen LogP contribution in [0.4, 0.5) is 0 Å². The van der Waals surface area contributed by atoms with Crippen molar-refractivity contribution < 1.29 is 4.79 Å². The second-order valence-electron chi connectivity index (χ2n) is 5.12. The van der Waals surface area contributed by atoms with E-state index in [-0.39, 0.29) is 5.92 Å². The highest BCUT2D eigenvalue weighted by molar-refractivity contribution is 5.94. The molecule has 1 heteroatoms. The summed E-state index contributed by atoms with van der Waals surface area (Å²) in [6, 6.07) is 8.58. The van der Waals surface area contributed by atoms with E-state index in [1.54, 1.807) is 0 Å². The van der Waals surface area contributed by atoms with Crippen molar-refractivity contribution in [3.05, 3.63) is 41.5 Å². The second-order valence-corrected chi connectivity index (χ2v) is 5.12. The lowest BCUT2D eigenvalue weighted by molar-refractivity contribution is -0.122. The molecule has 1 aromatic carbocycles. The number of ketones is 1. The summed E-state index contributed by atoms with van der Waals surface area (Å²) in [6.07, 6.45) is 8.65. The first kappa shape index (κ1) is 10.8. The topological polar surface area (TPSA) is 17.1 Å². The molecule has 2 aliphatic rings. The van der Waals surface area contributed by atoms with Gasteiger partial charge in [0, 0.05) is 12.3 Å². The first-order chi connectivity index (χ1) is 8.36. The average molecular weight is 226 g/mol. The van der Waals surface area contributed by atoms with Gasteiger partial charge in [-0.3, -0.25) is 4.79 Å². The number of fused-ring (bicyclic) bond motifs is 1. The maximum absolute atomic E-state index is 12.1. The summed E-state index contributed by atoms with van der Waals surface area (Å²) >= 11 is 0. The number of carbonyl (C=O) groups is 1. The van der Waals surface area contributed by atoms with Gasteiger partial charge >= 0.3 is 0 Å². The van der Waals surface area contributed by atoms with Crippen molar-refractivity contribution in [3.8, 4) is 0 Å². The summed E-state index contributed by atoms with van der Waals surface area (Å²) in [5.41, 5.74) is 4.07. The summed E-state index contributed by atoms with van der Waals surface area (Å²) < 4.78 is 0. The lowest BCUT2D eigenvalue weighted by Gasteiger charge is -2.27. The number of benzene rings is 1. The average Bonchev–Trinajstić information content (AvgIpc) is 2.39. The zero-order valence-electron chi connectivity index (χ0n) is 10.1. The standard InChI is InChI=1S/C16H18O/c17-16-11-4-3-9-15(16)14-10-5-7-12-6-1-2-8-13(12)14/h1-2,6,8,10,15H,3-5,7,9,11H2/t15-/m0/s1. The fraction of sp³-hybridized carbons (Fsp3) is 0.438. The quantitative estimate of drug-likeness (QED) is 0.712. The monoisotopic (exact) mass is 226 g/mol. The van der Waals surface area contributed by atoms with Gasteiger partial charge in [-0.25, -0.2) is 0 Å². The summed E-state index contributed by atoms with van der Waals surface area (Å²) in [7, 11) is 0.